The molecule has 0 radical (unpaired) electrons. The SMILES string of the molecule is O=C(F)c1cccc(Br)c1Br. The van der Waals surface area contributed by atoms with E-state index in [2.05, 4.69) is 31.9 Å². The molecule has 0 aliphatic carbocycles. The molecular weight excluding hydrogens is 279 g/mol. The van der Waals surface area contributed by atoms with E-state index in [1.165, 1.54) is 6.07 Å². The number of hydrogen-bond donors (Lipinski definition) is 0. The third-order valence-corrected chi connectivity index (χ3v) is 3.21. The summed E-state index contributed by atoms with van der Waals surface area (Å²) in [6, 6.07) is 3.30. The molecule has 0 N–H and O–H groups in total. The van der Waals surface area contributed by atoms with Crippen molar-refractivity contribution in [2.45, 2.75) is 0 Å². The van der Waals surface area contributed by atoms with E-state index in [-0.39, 0.29) is 5.56 Å². The average molecular weight is 282 g/mol. The lowest BCUT2D eigenvalue weighted by molar-refractivity contribution is 0.0835. The second kappa shape index (κ2) is 3.45. The van der Waals surface area contributed by atoms with E-state index >= 15 is 0 Å². The van der Waals surface area contributed by atoms with Gasteiger partial charge in [-0.1, -0.05) is 6.07 Å². The van der Waals surface area contributed by atoms with E-state index in [0.717, 1.165) is 0 Å². The summed E-state index contributed by atoms with van der Waals surface area (Å²) in [5.74, 6) is 0. The van der Waals surface area contributed by atoms with Gasteiger partial charge in [-0.05, 0) is 44.0 Å². The van der Waals surface area contributed by atoms with Gasteiger partial charge in [0.05, 0.1) is 5.56 Å². The predicted molar refractivity (Wildman–Crippen MR) is 47.3 cm³/mol. The first kappa shape index (κ1) is 8.87. The minimum Gasteiger partial charge on any atom is -0.255 e. The van der Waals surface area contributed by atoms with Crippen LogP contribution in [-0.2, 0) is 0 Å². The lowest BCUT2D eigenvalue weighted by Crippen LogP contribution is -1.91. The van der Waals surface area contributed by atoms with Crippen LogP contribution in [0.2, 0.25) is 0 Å². The molecule has 0 aromatic heterocycles. The van der Waals surface area contributed by atoms with Crippen molar-refractivity contribution in [3.63, 3.8) is 0 Å². The van der Waals surface area contributed by atoms with Crippen molar-refractivity contribution in [1.82, 2.24) is 0 Å². The van der Waals surface area contributed by atoms with Crippen LogP contribution in [0.1, 0.15) is 10.4 Å². The van der Waals surface area contributed by atoms with Crippen LogP contribution in [0.15, 0.2) is 27.1 Å². The van der Waals surface area contributed by atoms with E-state index in [0.29, 0.717) is 8.95 Å². The van der Waals surface area contributed by atoms with Gasteiger partial charge in [0.2, 0.25) is 0 Å². The lowest BCUT2D eigenvalue weighted by atomic mass is 10.2. The van der Waals surface area contributed by atoms with E-state index in [1.807, 2.05) is 0 Å². The molecule has 0 spiro atoms. The fourth-order valence-corrected chi connectivity index (χ4v) is 1.44. The first-order valence-corrected chi connectivity index (χ1v) is 4.35. The molecule has 0 aliphatic rings. The Morgan fingerprint density at radius 3 is 2.45 bits per heavy atom. The summed E-state index contributed by atoms with van der Waals surface area (Å²) in [5, 5.41) is 0. The van der Waals surface area contributed by atoms with Gasteiger partial charge >= 0.3 is 6.04 Å². The van der Waals surface area contributed by atoms with Crippen molar-refractivity contribution in [3.05, 3.63) is 32.7 Å². The van der Waals surface area contributed by atoms with Crippen molar-refractivity contribution in [1.29, 1.82) is 0 Å². The van der Waals surface area contributed by atoms with Crippen LogP contribution >= 0.6 is 31.9 Å². The fourth-order valence-electron chi connectivity index (χ4n) is 0.656. The number of carbonyl (C=O) groups excluding carboxylic acids is 1. The molecule has 0 bridgehead atoms. The Hall–Kier alpha value is -0.220. The number of benzene rings is 1. The van der Waals surface area contributed by atoms with Crippen LogP contribution in [0, 0.1) is 0 Å². The first-order valence-electron chi connectivity index (χ1n) is 2.77. The third kappa shape index (κ3) is 1.87. The highest BCUT2D eigenvalue weighted by Crippen LogP contribution is 2.26. The highest BCUT2D eigenvalue weighted by atomic mass is 79.9. The highest BCUT2D eigenvalue weighted by molar-refractivity contribution is 9.13. The van der Waals surface area contributed by atoms with Crippen molar-refractivity contribution in [2.75, 3.05) is 0 Å². The monoisotopic (exact) mass is 280 g/mol. The maximum Gasteiger partial charge on any atom is 0.333 e. The average Bonchev–Trinajstić information content (AvgIpc) is 1.94. The second-order valence-electron chi connectivity index (χ2n) is 1.88. The quantitative estimate of drug-likeness (QED) is 0.722. The summed E-state index contributed by atoms with van der Waals surface area (Å²) in [6.45, 7) is 0. The molecule has 58 valence electrons. The minimum atomic E-state index is -1.43. The molecule has 1 nitrogen and oxygen atoms in total. The third-order valence-electron chi connectivity index (χ3n) is 1.16. The van der Waals surface area contributed by atoms with Gasteiger partial charge in [0.1, 0.15) is 0 Å². The standard InChI is InChI=1S/C7H3Br2FO/c8-5-3-1-2-4(6(5)9)7(10)11/h1-3H. The molecule has 1 aromatic carbocycles. The Morgan fingerprint density at radius 1 is 1.36 bits per heavy atom. The van der Waals surface area contributed by atoms with Gasteiger partial charge in [-0.2, -0.15) is 4.39 Å². The summed E-state index contributed by atoms with van der Waals surface area (Å²) in [4.78, 5) is 10.3. The Labute approximate surface area is 79.9 Å². The van der Waals surface area contributed by atoms with E-state index in [4.69, 9.17) is 0 Å². The topological polar surface area (TPSA) is 17.1 Å². The summed E-state index contributed by atoms with van der Waals surface area (Å²) < 4.78 is 13.3. The zero-order valence-corrected chi connectivity index (χ0v) is 8.45. The van der Waals surface area contributed by atoms with Gasteiger partial charge in [-0.3, -0.25) is 4.79 Å². The molecule has 0 aliphatic heterocycles. The normalized spacial score (nSPS) is 9.73. The van der Waals surface area contributed by atoms with Crippen LogP contribution in [0.4, 0.5) is 4.39 Å². The summed E-state index contributed by atoms with van der Waals surface area (Å²) in [6.07, 6.45) is 0. The molecule has 1 aromatic rings. The minimum absolute atomic E-state index is 0.0411. The van der Waals surface area contributed by atoms with E-state index < -0.39 is 6.04 Å². The van der Waals surface area contributed by atoms with Crippen molar-refractivity contribution in [2.24, 2.45) is 0 Å². The molecule has 0 unspecified atom stereocenters. The molecule has 0 fully saturated rings. The molecule has 0 heterocycles. The van der Waals surface area contributed by atoms with Crippen molar-refractivity contribution in [3.8, 4) is 0 Å². The molecular formula is C7H3Br2FO. The number of hydrogen-bond acceptors (Lipinski definition) is 1. The fraction of sp³-hybridized carbons (Fsp3) is 0. The largest absolute Gasteiger partial charge is 0.333 e. The summed E-state index contributed by atoms with van der Waals surface area (Å²) >= 11 is 6.22. The molecule has 1 rings (SSSR count). The first-order chi connectivity index (χ1) is 5.13. The Kier molecular flexibility index (Phi) is 2.78. The predicted octanol–water partition coefficient (Wildman–Crippen LogP) is 3.32. The molecule has 0 saturated heterocycles. The maximum atomic E-state index is 12.2. The Bertz CT molecular complexity index is 298. The summed E-state index contributed by atoms with van der Waals surface area (Å²) in [7, 11) is 0. The smallest absolute Gasteiger partial charge is 0.255 e. The van der Waals surface area contributed by atoms with Gasteiger partial charge in [-0.15, -0.1) is 0 Å². The van der Waals surface area contributed by atoms with Crippen LogP contribution in [-0.4, -0.2) is 6.04 Å². The Morgan fingerprint density at radius 2 is 2.00 bits per heavy atom. The molecule has 0 atom stereocenters. The Balaban J connectivity index is 3.27. The number of rotatable bonds is 1. The van der Waals surface area contributed by atoms with Crippen LogP contribution in [0.25, 0.3) is 0 Å². The number of halogens is 3. The van der Waals surface area contributed by atoms with Crippen molar-refractivity contribution < 1.29 is 9.18 Å². The van der Waals surface area contributed by atoms with Gasteiger partial charge in [0, 0.05) is 8.95 Å². The van der Waals surface area contributed by atoms with Gasteiger partial charge in [-0.25, -0.2) is 0 Å². The molecule has 11 heavy (non-hydrogen) atoms. The van der Waals surface area contributed by atoms with Gasteiger partial charge in [0.15, 0.2) is 0 Å². The highest BCUT2D eigenvalue weighted by Gasteiger charge is 2.09. The second-order valence-corrected chi connectivity index (χ2v) is 3.52. The molecule has 0 amide bonds. The summed E-state index contributed by atoms with van der Waals surface area (Å²) in [5.41, 5.74) is 0.0411. The molecule has 4 heteroatoms. The number of carbonyl (C=O) groups is 1. The zero-order valence-electron chi connectivity index (χ0n) is 5.27. The van der Waals surface area contributed by atoms with E-state index in [1.54, 1.807) is 12.1 Å². The van der Waals surface area contributed by atoms with E-state index in [9.17, 15) is 9.18 Å². The van der Waals surface area contributed by atoms with Crippen LogP contribution < -0.4 is 0 Å². The molecule has 0 saturated carbocycles. The van der Waals surface area contributed by atoms with Crippen molar-refractivity contribution >= 4 is 37.9 Å². The lowest BCUT2D eigenvalue weighted by Gasteiger charge is -1.98. The van der Waals surface area contributed by atoms with Crippen LogP contribution in [0.5, 0.6) is 0 Å². The zero-order chi connectivity index (χ0) is 8.43. The van der Waals surface area contributed by atoms with Gasteiger partial charge in [0.25, 0.3) is 0 Å². The van der Waals surface area contributed by atoms with Crippen LogP contribution in [0.3, 0.4) is 0 Å². The maximum absolute atomic E-state index is 12.2. The van der Waals surface area contributed by atoms with Gasteiger partial charge < -0.3 is 0 Å².